The largest absolute Gasteiger partial charge is 0.454 e. The Morgan fingerprint density at radius 2 is 1.55 bits per heavy atom. The third-order valence-corrected chi connectivity index (χ3v) is 4.22. The maximum atomic E-state index is 12.2. The summed E-state index contributed by atoms with van der Waals surface area (Å²) >= 11 is 0. The summed E-state index contributed by atoms with van der Waals surface area (Å²) in [4.78, 5) is 24.4. The quantitative estimate of drug-likeness (QED) is 0.519. The van der Waals surface area contributed by atoms with Gasteiger partial charge >= 0.3 is 0 Å². The van der Waals surface area contributed by atoms with Crippen molar-refractivity contribution in [3.8, 4) is 11.5 Å². The molecule has 0 radical (unpaired) electrons. The minimum absolute atomic E-state index is 0.203. The molecule has 7 heteroatoms. The number of carbonyl (C=O) groups is 2. The Morgan fingerprint density at radius 3 is 2.34 bits per heavy atom. The van der Waals surface area contributed by atoms with Gasteiger partial charge in [0.15, 0.2) is 11.5 Å². The Hall–Kier alpha value is -4.13. The first kappa shape index (κ1) is 18.2. The second-order valence-corrected chi connectivity index (χ2v) is 6.21. The third-order valence-electron chi connectivity index (χ3n) is 4.22. The monoisotopic (exact) mass is 387 g/mol. The number of anilines is 1. The van der Waals surface area contributed by atoms with Crippen molar-refractivity contribution in [1.29, 1.82) is 0 Å². The fourth-order valence-electron chi connectivity index (χ4n) is 2.72. The lowest BCUT2D eigenvalue weighted by atomic mass is 10.1. The fourth-order valence-corrected chi connectivity index (χ4v) is 2.72. The molecule has 7 nitrogen and oxygen atoms in total. The van der Waals surface area contributed by atoms with Crippen molar-refractivity contribution in [2.45, 2.75) is 0 Å². The average Bonchev–Trinajstić information content (AvgIpc) is 3.23. The molecule has 1 aliphatic heterocycles. The molecule has 0 aromatic heterocycles. The molecule has 0 aliphatic carbocycles. The molecule has 0 atom stereocenters. The first-order chi connectivity index (χ1) is 14.2. The highest BCUT2D eigenvalue weighted by molar-refractivity contribution is 6.04. The van der Waals surface area contributed by atoms with Gasteiger partial charge in [-0.05, 0) is 60.2 Å². The zero-order chi connectivity index (χ0) is 20.1. The van der Waals surface area contributed by atoms with E-state index >= 15 is 0 Å². The summed E-state index contributed by atoms with van der Waals surface area (Å²) in [7, 11) is 0. The Kier molecular flexibility index (Phi) is 5.20. The number of nitrogens with zero attached hydrogens (tertiary/aromatic N) is 1. The molecule has 0 saturated carbocycles. The summed E-state index contributed by atoms with van der Waals surface area (Å²) in [5.41, 5.74) is 4.82. The van der Waals surface area contributed by atoms with Crippen LogP contribution in [0.4, 0.5) is 5.69 Å². The van der Waals surface area contributed by atoms with Gasteiger partial charge in [-0.15, -0.1) is 0 Å². The second kappa shape index (κ2) is 8.26. The molecular formula is C22H17N3O4. The Bertz CT molecular complexity index is 1060. The first-order valence-corrected chi connectivity index (χ1v) is 8.88. The molecule has 144 valence electrons. The molecule has 0 spiro atoms. The number of hydrogen-bond donors (Lipinski definition) is 2. The highest BCUT2D eigenvalue weighted by Crippen LogP contribution is 2.31. The van der Waals surface area contributed by atoms with Crippen molar-refractivity contribution in [2.24, 2.45) is 5.10 Å². The van der Waals surface area contributed by atoms with E-state index in [0.29, 0.717) is 28.3 Å². The number of ether oxygens (including phenoxy) is 2. The number of fused-ring (bicyclic) bond motifs is 1. The van der Waals surface area contributed by atoms with E-state index in [0.717, 1.165) is 5.56 Å². The molecule has 1 aliphatic rings. The van der Waals surface area contributed by atoms with Gasteiger partial charge in [0.25, 0.3) is 11.8 Å². The molecule has 0 saturated heterocycles. The molecule has 0 unspecified atom stereocenters. The van der Waals surface area contributed by atoms with E-state index < -0.39 is 0 Å². The molecule has 1 heterocycles. The molecule has 0 bridgehead atoms. The molecule has 0 fully saturated rings. The van der Waals surface area contributed by atoms with Crippen LogP contribution in [0.3, 0.4) is 0 Å². The van der Waals surface area contributed by atoms with Crippen LogP contribution in [0.25, 0.3) is 0 Å². The molecular weight excluding hydrogens is 370 g/mol. The van der Waals surface area contributed by atoms with E-state index in [1.807, 2.05) is 12.1 Å². The predicted molar refractivity (Wildman–Crippen MR) is 108 cm³/mol. The van der Waals surface area contributed by atoms with Gasteiger partial charge in [-0.1, -0.05) is 18.2 Å². The molecule has 2 amide bonds. The van der Waals surface area contributed by atoms with E-state index in [-0.39, 0.29) is 18.6 Å². The third kappa shape index (κ3) is 4.41. The standard InChI is InChI=1S/C22H17N3O4/c26-21(16-4-2-1-3-5-16)24-18-9-7-17(8-10-18)22(27)25-23-13-15-6-11-19-20(12-15)29-14-28-19/h1-13H,14H2,(H,24,26)(H,25,27). The summed E-state index contributed by atoms with van der Waals surface area (Å²) in [6.45, 7) is 0.203. The van der Waals surface area contributed by atoms with Gasteiger partial charge in [-0.2, -0.15) is 5.10 Å². The van der Waals surface area contributed by atoms with Crippen LogP contribution >= 0.6 is 0 Å². The van der Waals surface area contributed by atoms with Crippen LogP contribution in [0, 0.1) is 0 Å². The highest BCUT2D eigenvalue weighted by Gasteiger charge is 2.12. The van der Waals surface area contributed by atoms with Crippen LogP contribution in [0.5, 0.6) is 11.5 Å². The SMILES string of the molecule is O=C(NN=Cc1ccc2c(c1)OCO2)c1ccc(NC(=O)c2ccccc2)cc1. The normalized spacial score (nSPS) is 12.0. The molecule has 3 aromatic carbocycles. The lowest BCUT2D eigenvalue weighted by Crippen LogP contribution is -2.17. The van der Waals surface area contributed by atoms with Crippen molar-refractivity contribution < 1.29 is 19.1 Å². The first-order valence-electron chi connectivity index (χ1n) is 8.88. The minimum Gasteiger partial charge on any atom is -0.454 e. The highest BCUT2D eigenvalue weighted by atomic mass is 16.7. The van der Waals surface area contributed by atoms with E-state index in [4.69, 9.17) is 9.47 Å². The number of nitrogens with one attached hydrogen (secondary N) is 2. The zero-order valence-electron chi connectivity index (χ0n) is 15.3. The van der Waals surface area contributed by atoms with Gasteiger partial charge in [0.2, 0.25) is 6.79 Å². The number of rotatable bonds is 5. The van der Waals surface area contributed by atoms with Crippen molar-refractivity contribution >= 4 is 23.7 Å². The number of hydrogen-bond acceptors (Lipinski definition) is 5. The summed E-state index contributed by atoms with van der Waals surface area (Å²) in [6.07, 6.45) is 1.52. The van der Waals surface area contributed by atoms with Crippen molar-refractivity contribution in [1.82, 2.24) is 5.43 Å². The van der Waals surface area contributed by atoms with Crippen LogP contribution in [0.1, 0.15) is 26.3 Å². The summed E-state index contributed by atoms with van der Waals surface area (Å²) in [5.74, 6) is 0.762. The van der Waals surface area contributed by atoms with E-state index in [1.54, 1.807) is 60.7 Å². The van der Waals surface area contributed by atoms with Crippen molar-refractivity contribution in [3.05, 3.63) is 89.5 Å². The van der Waals surface area contributed by atoms with Gasteiger partial charge in [0, 0.05) is 16.8 Å². The van der Waals surface area contributed by atoms with Crippen molar-refractivity contribution in [3.63, 3.8) is 0 Å². The lowest BCUT2D eigenvalue weighted by Gasteiger charge is -2.06. The maximum Gasteiger partial charge on any atom is 0.271 e. The van der Waals surface area contributed by atoms with E-state index in [1.165, 1.54) is 6.21 Å². The van der Waals surface area contributed by atoms with Crippen LogP contribution in [0.2, 0.25) is 0 Å². The molecule has 2 N–H and O–H groups in total. The minimum atomic E-state index is -0.358. The number of benzene rings is 3. The smallest absolute Gasteiger partial charge is 0.271 e. The summed E-state index contributed by atoms with van der Waals surface area (Å²) < 4.78 is 10.6. The van der Waals surface area contributed by atoms with Gasteiger partial charge in [-0.3, -0.25) is 9.59 Å². The number of amides is 2. The summed E-state index contributed by atoms with van der Waals surface area (Å²) in [5, 5.41) is 6.75. The van der Waals surface area contributed by atoms with Gasteiger partial charge in [0.05, 0.1) is 6.21 Å². The zero-order valence-corrected chi connectivity index (χ0v) is 15.3. The Labute approximate surface area is 167 Å². The molecule has 29 heavy (non-hydrogen) atoms. The number of hydrazone groups is 1. The Balaban J connectivity index is 1.34. The van der Waals surface area contributed by atoms with Crippen molar-refractivity contribution in [2.75, 3.05) is 12.1 Å². The predicted octanol–water partition coefficient (Wildman–Crippen LogP) is 3.43. The fraction of sp³-hybridized carbons (Fsp3) is 0.0455. The number of carbonyl (C=O) groups excluding carboxylic acids is 2. The second-order valence-electron chi connectivity index (χ2n) is 6.21. The van der Waals surface area contributed by atoms with E-state index in [2.05, 4.69) is 15.8 Å². The van der Waals surface area contributed by atoms with Gasteiger partial charge < -0.3 is 14.8 Å². The van der Waals surface area contributed by atoms with Gasteiger partial charge in [0.1, 0.15) is 0 Å². The average molecular weight is 387 g/mol. The van der Waals surface area contributed by atoms with Crippen LogP contribution in [-0.2, 0) is 0 Å². The Morgan fingerprint density at radius 1 is 0.828 bits per heavy atom. The lowest BCUT2D eigenvalue weighted by molar-refractivity contribution is 0.0954. The molecule has 3 aromatic rings. The summed E-state index contributed by atoms with van der Waals surface area (Å²) in [6, 6.07) is 20.8. The van der Waals surface area contributed by atoms with Crippen LogP contribution in [-0.4, -0.2) is 24.8 Å². The topological polar surface area (TPSA) is 89.0 Å². The van der Waals surface area contributed by atoms with Crippen LogP contribution in [0.15, 0.2) is 77.9 Å². The maximum absolute atomic E-state index is 12.2. The van der Waals surface area contributed by atoms with Gasteiger partial charge in [-0.25, -0.2) is 5.43 Å². The molecule has 4 rings (SSSR count). The van der Waals surface area contributed by atoms with E-state index in [9.17, 15) is 9.59 Å². The van der Waals surface area contributed by atoms with Crippen LogP contribution < -0.4 is 20.2 Å².